The van der Waals surface area contributed by atoms with E-state index in [1.807, 2.05) is 13.8 Å². The fourth-order valence-electron chi connectivity index (χ4n) is 2.08. The molecule has 25 heavy (non-hydrogen) atoms. The fraction of sp³-hybridized carbons (Fsp3) is 0.588. The lowest BCUT2D eigenvalue weighted by atomic mass is 9.94. The SMILES string of the molecule is CCC(N)(CC)CNC(=O)c1ccc(S(=O)(=O)N(C)C(C)C)cc1.Cl. The van der Waals surface area contributed by atoms with Gasteiger partial charge >= 0.3 is 0 Å². The van der Waals surface area contributed by atoms with E-state index in [1.165, 1.54) is 35.6 Å². The second-order valence-corrected chi connectivity index (χ2v) is 8.39. The highest BCUT2D eigenvalue weighted by atomic mass is 35.5. The molecule has 3 N–H and O–H groups in total. The molecule has 1 rings (SSSR count). The van der Waals surface area contributed by atoms with Crippen LogP contribution in [0.5, 0.6) is 0 Å². The summed E-state index contributed by atoms with van der Waals surface area (Å²) in [4.78, 5) is 12.4. The van der Waals surface area contributed by atoms with Crippen molar-refractivity contribution in [1.82, 2.24) is 9.62 Å². The first kappa shape index (κ1) is 23.9. The van der Waals surface area contributed by atoms with Gasteiger partial charge in [0.25, 0.3) is 5.91 Å². The summed E-state index contributed by atoms with van der Waals surface area (Å²) in [5, 5.41) is 2.82. The summed E-state index contributed by atoms with van der Waals surface area (Å²) in [6.07, 6.45) is 1.53. The maximum absolute atomic E-state index is 12.4. The van der Waals surface area contributed by atoms with Crippen LogP contribution >= 0.6 is 12.4 Å². The maximum atomic E-state index is 12.4. The van der Waals surface area contributed by atoms with E-state index < -0.39 is 15.6 Å². The van der Waals surface area contributed by atoms with Gasteiger partial charge in [-0.1, -0.05) is 13.8 Å². The van der Waals surface area contributed by atoms with E-state index in [-0.39, 0.29) is 29.3 Å². The Bertz CT molecular complexity index is 656. The molecule has 0 radical (unpaired) electrons. The lowest BCUT2D eigenvalue weighted by Crippen LogP contribution is -2.49. The molecule has 0 heterocycles. The van der Waals surface area contributed by atoms with Crippen molar-refractivity contribution >= 4 is 28.3 Å². The number of rotatable bonds is 8. The topological polar surface area (TPSA) is 92.5 Å². The zero-order chi connectivity index (χ0) is 18.5. The van der Waals surface area contributed by atoms with Gasteiger partial charge in [-0.2, -0.15) is 4.31 Å². The molecule has 144 valence electrons. The van der Waals surface area contributed by atoms with Crippen molar-refractivity contribution in [2.45, 2.75) is 57.0 Å². The van der Waals surface area contributed by atoms with Gasteiger partial charge in [0.05, 0.1) is 4.90 Å². The number of amides is 1. The number of benzene rings is 1. The molecule has 1 aromatic rings. The molecule has 0 fully saturated rings. The van der Waals surface area contributed by atoms with E-state index >= 15 is 0 Å². The van der Waals surface area contributed by atoms with Gasteiger partial charge in [0.2, 0.25) is 10.0 Å². The number of halogens is 1. The lowest BCUT2D eigenvalue weighted by Gasteiger charge is -2.26. The maximum Gasteiger partial charge on any atom is 0.251 e. The Morgan fingerprint density at radius 1 is 1.20 bits per heavy atom. The number of hydrogen-bond acceptors (Lipinski definition) is 4. The highest BCUT2D eigenvalue weighted by molar-refractivity contribution is 7.89. The first-order valence-electron chi connectivity index (χ1n) is 8.22. The van der Waals surface area contributed by atoms with Gasteiger partial charge in [-0.05, 0) is 51.0 Å². The van der Waals surface area contributed by atoms with Gasteiger partial charge in [0.1, 0.15) is 0 Å². The van der Waals surface area contributed by atoms with E-state index in [1.54, 1.807) is 13.8 Å². The second-order valence-electron chi connectivity index (χ2n) is 6.39. The smallest absolute Gasteiger partial charge is 0.251 e. The van der Waals surface area contributed by atoms with Crippen LogP contribution in [0.15, 0.2) is 29.2 Å². The van der Waals surface area contributed by atoms with Gasteiger partial charge < -0.3 is 11.1 Å². The van der Waals surface area contributed by atoms with Crippen LogP contribution in [0.1, 0.15) is 50.9 Å². The van der Waals surface area contributed by atoms with E-state index in [9.17, 15) is 13.2 Å². The largest absolute Gasteiger partial charge is 0.350 e. The van der Waals surface area contributed by atoms with Gasteiger partial charge in [-0.15, -0.1) is 12.4 Å². The number of nitrogens with two attached hydrogens (primary N) is 1. The van der Waals surface area contributed by atoms with Crippen molar-refractivity contribution in [3.63, 3.8) is 0 Å². The molecular formula is C17H30ClN3O3S. The van der Waals surface area contributed by atoms with Crippen LogP contribution in [0.4, 0.5) is 0 Å². The van der Waals surface area contributed by atoms with E-state index in [0.29, 0.717) is 12.1 Å². The Kier molecular flexibility index (Phi) is 9.08. The quantitative estimate of drug-likeness (QED) is 0.711. The Balaban J connectivity index is 0.00000576. The molecule has 1 amide bonds. The number of carbonyl (C=O) groups is 1. The van der Waals surface area contributed by atoms with Crippen LogP contribution in [0, 0.1) is 0 Å². The molecule has 0 atom stereocenters. The highest BCUT2D eigenvalue weighted by Gasteiger charge is 2.24. The first-order chi connectivity index (χ1) is 11.1. The van der Waals surface area contributed by atoms with Crippen molar-refractivity contribution in [3.05, 3.63) is 29.8 Å². The van der Waals surface area contributed by atoms with Crippen LogP contribution < -0.4 is 11.1 Å². The third-order valence-electron chi connectivity index (χ3n) is 4.53. The molecule has 0 aliphatic heterocycles. The van der Waals surface area contributed by atoms with Crippen LogP contribution in [0.3, 0.4) is 0 Å². The molecule has 6 nitrogen and oxygen atoms in total. The summed E-state index contributed by atoms with van der Waals surface area (Å²) in [5.74, 6) is -0.257. The molecule has 0 spiro atoms. The normalized spacial score (nSPS) is 12.2. The Hall–Kier alpha value is -1.15. The minimum absolute atomic E-state index is 0. The second kappa shape index (κ2) is 9.52. The summed E-state index contributed by atoms with van der Waals surface area (Å²) in [6, 6.07) is 5.81. The van der Waals surface area contributed by atoms with Gasteiger partial charge in [-0.3, -0.25) is 4.79 Å². The minimum atomic E-state index is -3.54. The molecule has 1 aromatic carbocycles. The monoisotopic (exact) mass is 391 g/mol. The predicted octanol–water partition coefficient (Wildman–Crippen LogP) is 2.38. The standard InChI is InChI=1S/C17H29N3O3S.ClH/c1-6-17(18,7-2)12-19-16(21)14-8-10-15(11-9-14)24(22,23)20(5)13(3)4;/h8-11,13H,6-7,12,18H2,1-5H3,(H,19,21);1H. The van der Waals surface area contributed by atoms with Crippen LogP contribution in [0.2, 0.25) is 0 Å². The number of carbonyl (C=O) groups excluding carboxylic acids is 1. The minimum Gasteiger partial charge on any atom is -0.350 e. The molecule has 0 unspecified atom stereocenters. The Morgan fingerprint density at radius 2 is 1.68 bits per heavy atom. The number of sulfonamides is 1. The van der Waals surface area contributed by atoms with Crippen LogP contribution in [-0.2, 0) is 10.0 Å². The molecule has 0 saturated heterocycles. The zero-order valence-electron chi connectivity index (χ0n) is 15.6. The van der Waals surface area contributed by atoms with E-state index in [2.05, 4.69) is 5.32 Å². The van der Waals surface area contributed by atoms with E-state index in [0.717, 1.165) is 12.8 Å². The summed E-state index contributed by atoms with van der Waals surface area (Å²) >= 11 is 0. The number of nitrogens with zero attached hydrogens (tertiary/aromatic N) is 1. The summed E-state index contributed by atoms with van der Waals surface area (Å²) < 4.78 is 26.1. The molecule has 0 aliphatic rings. The van der Waals surface area contributed by atoms with Gasteiger partial charge in [0.15, 0.2) is 0 Å². The third-order valence-corrected chi connectivity index (χ3v) is 6.58. The van der Waals surface area contributed by atoms with Crippen molar-refractivity contribution in [1.29, 1.82) is 0 Å². The van der Waals surface area contributed by atoms with Crippen LogP contribution in [-0.4, -0.2) is 43.8 Å². The molecular weight excluding hydrogens is 362 g/mol. The Morgan fingerprint density at radius 3 is 2.08 bits per heavy atom. The van der Waals surface area contributed by atoms with E-state index in [4.69, 9.17) is 5.73 Å². The molecule has 0 aliphatic carbocycles. The van der Waals surface area contributed by atoms with Crippen LogP contribution in [0.25, 0.3) is 0 Å². The van der Waals surface area contributed by atoms with Gasteiger partial charge in [-0.25, -0.2) is 8.42 Å². The third kappa shape index (κ3) is 5.95. The average Bonchev–Trinajstić information content (AvgIpc) is 2.58. The van der Waals surface area contributed by atoms with Crippen molar-refractivity contribution < 1.29 is 13.2 Å². The number of hydrogen-bond donors (Lipinski definition) is 2. The summed E-state index contributed by atoms with van der Waals surface area (Å²) in [7, 11) is -2.00. The fourth-order valence-corrected chi connectivity index (χ4v) is 3.45. The molecule has 0 bridgehead atoms. The molecule has 8 heteroatoms. The lowest BCUT2D eigenvalue weighted by molar-refractivity contribution is 0.0942. The predicted molar refractivity (Wildman–Crippen MR) is 104 cm³/mol. The van der Waals surface area contributed by atoms with Crippen molar-refractivity contribution in [2.24, 2.45) is 5.73 Å². The zero-order valence-corrected chi connectivity index (χ0v) is 17.2. The number of nitrogens with one attached hydrogen (secondary N) is 1. The first-order valence-corrected chi connectivity index (χ1v) is 9.66. The Labute approximate surface area is 157 Å². The summed E-state index contributed by atoms with van der Waals surface area (Å²) in [5.41, 5.74) is 6.16. The molecule has 0 aromatic heterocycles. The molecule has 0 saturated carbocycles. The highest BCUT2D eigenvalue weighted by Crippen LogP contribution is 2.17. The summed E-state index contributed by atoms with van der Waals surface area (Å²) in [6.45, 7) is 7.97. The van der Waals surface area contributed by atoms with Crippen molar-refractivity contribution in [3.8, 4) is 0 Å². The van der Waals surface area contributed by atoms with Crippen molar-refractivity contribution in [2.75, 3.05) is 13.6 Å². The average molecular weight is 392 g/mol. The van der Waals surface area contributed by atoms with Gasteiger partial charge in [0, 0.05) is 30.7 Å².